The summed E-state index contributed by atoms with van der Waals surface area (Å²) in [4.78, 5) is 15.5. The number of aromatic nitrogens is 2. The van der Waals surface area contributed by atoms with E-state index in [1.807, 2.05) is 0 Å². The van der Waals surface area contributed by atoms with Crippen molar-refractivity contribution in [2.45, 2.75) is 31.8 Å². The third-order valence-corrected chi connectivity index (χ3v) is 2.45. The molecule has 82 valence electrons. The topological polar surface area (TPSA) is 80.1 Å². The van der Waals surface area contributed by atoms with Crippen molar-refractivity contribution in [1.82, 2.24) is 20.8 Å². The Labute approximate surface area is 87.4 Å². The van der Waals surface area contributed by atoms with Crippen molar-refractivity contribution in [3.63, 3.8) is 0 Å². The summed E-state index contributed by atoms with van der Waals surface area (Å²) < 4.78 is 4.56. The zero-order chi connectivity index (χ0) is 10.5. The molecule has 1 aliphatic heterocycles. The molecule has 1 amide bonds. The summed E-state index contributed by atoms with van der Waals surface area (Å²) in [5.74, 6) is 0.513. The van der Waals surface area contributed by atoms with E-state index in [0.717, 1.165) is 25.8 Å². The molecule has 0 saturated carbocycles. The Hall–Kier alpha value is -1.43. The molecule has 2 rings (SSSR count). The van der Waals surface area contributed by atoms with Gasteiger partial charge in [-0.3, -0.25) is 4.79 Å². The molecule has 1 aromatic rings. The van der Waals surface area contributed by atoms with Crippen LogP contribution in [0.5, 0.6) is 0 Å². The van der Waals surface area contributed by atoms with E-state index in [4.69, 9.17) is 0 Å². The quantitative estimate of drug-likeness (QED) is 0.724. The van der Waals surface area contributed by atoms with E-state index < -0.39 is 0 Å². The number of carbonyl (C=O) groups excluding carboxylic acids is 1. The molecule has 2 N–H and O–H groups in total. The smallest absolute Gasteiger partial charge is 0.237 e. The number of hydrogen-bond donors (Lipinski definition) is 2. The van der Waals surface area contributed by atoms with Crippen LogP contribution >= 0.6 is 0 Å². The Bertz CT molecular complexity index is 306. The summed E-state index contributed by atoms with van der Waals surface area (Å²) in [5.41, 5.74) is 0. The molecule has 0 unspecified atom stereocenters. The maximum Gasteiger partial charge on any atom is 0.237 e. The number of amides is 1. The van der Waals surface area contributed by atoms with Crippen molar-refractivity contribution in [1.29, 1.82) is 0 Å². The van der Waals surface area contributed by atoms with Crippen LogP contribution in [0, 0.1) is 0 Å². The third kappa shape index (κ3) is 2.76. The lowest BCUT2D eigenvalue weighted by atomic mass is 10.0. The molecule has 1 aromatic heterocycles. The molecule has 6 nitrogen and oxygen atoms in total. The highest BCUT2D eigenvalue weighted by atomic mass is 16.5. The maximum atomic E-state index is 11.6. The fraction of sp³-hybridized carbons (Fsp3) is 0.667. The highest BCUT2D eigenvalue weighted by Gasteiger charge is 2.20. The second kappa shape index (κ2) is 4.88. The van der Waals surface area contributed by atoms with Gasteiger partial charge in [0, 0.05) is 0 Å². The first-order chi connectivity index (χ1) is 7.36. The van der Waals surface area contributed by atoms with Crippen LogP contribution in [0.4, 0.5) is 0 Å². The van der Waals surface area contributed by atoms with Crippen molar-refractivity contribution in [3.8, 4) is 0 Å². The minimum Gasteiger partial charge on any atom is -0.347 e. The largest absolute Gasteiger partial charge is 0.347 e. The molecule has 0 aromatic carbocycles. The van der Waals surface area contributed by atoms with Crippen LogP contribution in [-0.4, -0.2) is 28.6 Å². The van der Waals surface area contributed by atoms with Crippen LogP contribution in [0.1, 0.15) is 25.1 Å². The summed E-state index contributed by atoms with van der Waals surface area (Å²) in [6, 6.07) is -0.0642. The van der Waals surface area contributed by atoms with Crippen molar-refractivity contribution in [3.05, 3.63) is 12.2 Å². The predicted molar refractivity (Wildman–Crippen MR) is 51.8 cm³/mol. The molecular weight excluding hydrogens is 196 g/mol. The zero-order valence-corrected chi connectivity index (χ0v) is 8.40. The third-order valence-electron chi connectivity index (χ3n) is 2.45. The highest BCUT2D eigenvalue weighted by molar-refractivity contribution is 5.81. The van der Waals surface area contributed by atoms with Crippen LogP contribution in [0.15, 0.2) is 10.9 Å². The minimum absolute atomic E-state index is 0.0134. The average molecular weight is 210 g/mol. The lowest BCUT2D eigenvalue weighted by Crippen LogP contribution is -2.46. The molecule has 1 atom stereocenters. The predicted octanol–water partition coefficient (Wildman–Crippen LogP) is -0.172. The Kier molecular flexibility index (Phi) is 3.29. The Morgan fingerprint density at radius 1 is 1.67 bits per heavy atom. The standard InChI is InChI=1S/C9H14N4O2/c14-9(7-3-1-2-4-10-7)11-5-8-12-6-15-13-8/h6-7,10H,1-5H2,(H,11,14)/t7-/m0/s1. The van der Waals surface area contributed by atoms with Crippen LogP contribution in [0.3, 0.4) is 0 Å². The Morgan fingerprint density at radius 3 is 3.27 bits per heavy atom. The summed E-state index contributed by atoms with van der Waals surface area (Å²) >= 11 is 0. The van der Waals surface area contributed by atoms with Gasteiger partial charge in [0.05, 0.1) is 12.6 Å². The molecular formula is C9H14N4O2. The van der Waals surface area contributed by atoms with E-state index in [-0.39, 0.29) is 11.9 Å². The van der Waals surface area contributed by atoms with E-state index in [1.165, 1.54) is 6.39 Å². The van der Waals surface area contributed by atoms with E-state index in [2.05, 4.69) is 25.3 Å². The molecule has 6 heteroatoms. The molecule has 0 aliphatic carbocycles. The molecule has 1 fully saturated rings. The first-order valence-corrected chi connectivity index (χ1v) is 5.12. The van der Waals surface area contributed by atoms with Gasteiger partial charge in [-0.2, -0.15) is 4.98 Å². The number of nitrogens with one attached hydrogen (secondary N) is 2. The van der Waals surface area contributed by atoms with Gasteiger partial charge in [0.25, 0.3) is 0 Å². The van der Waals surface area contributed by atoms with E-state index in [0.29, 0.717) is 12.4 Å². The van der Waals surface area contributed by atoms with Gasteiger partial charge in [0.1, 0.15) is 0 Å². The van der Waals surface area contributed by atoms with Gasteiger partial charge in [-0.25, -0.2) is 0 Å². The van der Waals surface area contributed by atoms with Crippen molar-refractivity contribution in [2.75, 3.05) is 6.54 Å². The van der Waals surface area contributed by atoms with Crippen molar-refractivity contribution < 1.29 is 9.32 Å². The fourth-order valence-corrected chi connectivity index (χ4v) is 1.64. The molecule has 0 spiro atoms. The van der Waals surface area contributed by atoms with Crippen LogP contribution in [0.25, 0.3) is 0 Å². The molecule has 1 saturated heterocycles. The van der Waals surface area contributed by atoms with Crippen LogP contribution < -0.4 is 10.6 Å². The molecule has 1 aliphatic rings. The Morgan fingerprint density at radius 2 is 2.60 bits per heavy atom. The summed E-state index contributed by atoms with van der Waals surface area (Å²) in [6.07, 6.45) is 4.40. The van der Waals surface area contributed by atoms with Gasteiger partial charge < -0.3 is 15.2 Å². The number of rotatable bonds is 3. The van der Waals surface area contributed by atoms with E-state index in [1.54, 1.807) is 0 Å². The molecule has 0 bridgehead atoms. The van der Waals surface area contributed by atoms with Gasteiger partial charge in [-0.15, -0.1) is 0 Å². The second-order valence-corrected chi connectivity index (χ2v) is 3.57. The van der Waals surface area contributed by atoms with Crippen LogP contribution in [-0.2, 0) is 11.3 Å². The van der Waals surface area contributed by atoms with Crippen molar-refractivity contribution in [2.24, 2.45) is 0 Å². The van der Waals surface area contributed by atoms with E-state index in [9.17, 15) is 4.79 Å². The monoisotopic (exact) mass is 210 g/mol. The minimum atomic E-state index is -0.0642. The fourth-order valence-electron chi connectivity index (χ4n) is 1.64. The lowest BCUT2D eigenvalue weighted by molar-refractivity contribution is -0.123. The normalized spacial score (nSPS) is 21.2. The summed E-state index contributed by atoms with van der Waals surface area (Å²) in [6.45, 7) is 1.24. The SMILES string of the molecule is O=C(NCc1ncon1)[C@@H]1CCCCN1. The Balaban J connectivity index is 1.76. The second-order valence-electron chi connectivity index (χ2n) is 3.57. The molecule has 0 radical (unpaired) electrons. The number of hydrogen-bond acceptors (Lipinski definition) is 5. The number of piperidine rings is 1. The highest BCUT2D eigenvalue weighted by Crippen LogP contribution is 2.06. The summed E-state index contributed by atoms with van der Waals surface area (Å²) in [5, 5.41) is 9.55. The summed E-state index contributed by atoms with van der Waals surface area (Å²) in [7, 11) is 0. The van der Waals surface area contributed by atoms with Gasteiger partial charge in [0.15, 0.2) is 5.82 Å². The molecule has 15 heavy (non-hydrogen) atoms. The first kappa shape index (κ1) is 10.1. The van der Waals surface area contributed by atoms with Crippen LogP contribution in [0.2, 0.25) is 0 Å². The van der Waals surface area contributed by atoms with Gasteiger partial charge >= 0.3 is 0 Å². The maximum absolute atomic E-state index is 11.6. The van der Waals surface area contributed by atoms with Gasteiger partial charge in [-0.05, 0) is 19.4 Å². The number of carbonyl (C=O) groups is 1. The number of nitrogens with zero attached hydrogens (tertiary/aromatic N) is 2. The first-order valence-electron chi connectivity index (χ1n) is 5.12. The zero-order valence-electron chi connectivity index (χ0n) is 8.40. The molecule has 2 heterocycles. The van der Waals surface area contributed by atoms with Gasteiger partial charge in [-0.1, -0.05) is 11.6 Å². The lowest BCUT2D eigenvalue weighted by Gasteiger charge is -2.22. The van der Waals surface area contributed by atoms with E-state index >= 15 is 0 Å². The van der Waals surface area contributed by atoms with Crippen molar-refractivity contribution >= 4 is 5.91 Å². The van der Waals surface area contributed by atoms with Gasteiger partial charge in [0.2, 0.25) is 12.3 Å². The average Bonchev–Trinajstić information content (AvgIpc) is 2.80.